The number of nitrogens with zero attached hydrogens (tertiary/aromatic N) is 2. The molecule has 3 N–H and O–H groups in total. The highest BCUT2D eigenvalue weighted by molar-refractivity contribution is 5.84. The zero-order chi connectivity index (χ0) is 13.9. The summed E-state index contributed by atoms with van der Waals surface area (Å²) in [5, 5.41) is 11.8. The Morgan fingerprint density at radius 2 is 1.83 bits per heavy atom. The van der Waals surface area contributed by atoms with Crippen molar-refractivity contribution in [2.45, 2.75) is 40.3 Å². The van der Waals surface area contributed by atoms with E-state index in [2.05, 4.69) is 43.0 Å². The summed E-state index contributed by atoms with van der Waals surface area (Å²) in [6.45, 7) is 9.06. The highest BCUT2D eigenvalue weighted by atomic mass is 16.4. The van der Waals surface area contributed by atoms with Crippen LogP contribution in [0.1, 0.15) is 29.2 Å². The Morgan fingerprint density at radius 1 is 1.33 bits per heavy atom. The van der Waals surface area contributed by atoms with Crippen LogP contribution in [0.3, 0.4) is 0 Å². The number of hydrogen-bond donors (Lipinski definition) is 2. The summed E-state index contributed by atoms with van der Waals surface area (Å²) in [6, 6.07) is 4.28. The topological polar surface area (TPSA) is 61.8 Å². The van der Waals surface area contributed by atoms with Gasteiger partial charge in [-0.25, -0.2) is 0 Å². The first kappa shape index (κ1) is 14.5. The zero-order valence-corrected chi connectivity index (χ0v) is 11.9. The molecular weight excluding hydrogens is 226 g/mol. The van der Waals surface area contributed by atoms with Crippen LogP contribution >= 0.6 is 0 Å². The minimum absolute atomic E-state index is 0.0879. The standard InChI is InChI=1S/C14H23N3O/c1-9-6-10(2)13(11(3)7-9)8-17(5)12(4)14(15)16-18/h6-7,12,18H,8H2,1-5H3,(H2,15,16). The molecule has 18 heavy (non-hydrogen) atoms. The fourth-order valence-electron chi connectivity index (χ4n) is 2.16. The van der Waals surface area contributed by atoms with Gasteiger partial charge in [0.15, 0.2) is 5.84 Å². The molecule has 4 nitrogen and oxygen atoms in total. The van der Waals surface area contributed by atoms with E-state index in [0.29, 0.717) is 0 Å². The van der Waals surface area contributed by atoms with Crippen molar-refractivity contribution in [2.24, 2.45) is 10.9 Å². The lowest BCUT2D eigenvalue weighted by molar-refractivity contribution is 0.278. The summed E-state index contributed by atoms with van der Waals surface area (Å²) >= 11 is 0. The van der Waals surface area contributed by atoms with E-state index in [4.69, 9.17) is 10.9 Å². The van der Waals surface area contributed by atoms with Crippen molar-refractivity contribution in [3.8, 4) is 0 Å². The van der Waals surface area contributed by atoms with Crippen LogP contribution in [0, 0.1) is 20.8 Å². The number of oxime groups is 1. The predicted molar refractivity (Wildman–Crippen MR) is 75.0 cm³/mol. The van der Waals surface area contributed by atoms with Crippen LogP contribution in [-0.4, -0.2) is 29.0 Å². The molecule has 4 heteroatoms. The van der Waals surface area contributed by atoms with Gasteiger partial charge in [-0.1, -0.05) is 22.9 Å². The van der Waals surface area contributed by atoms with Crippen LogP contribution in [0.4, 0.5) is 0 Å². The van der Waals surface area contributed by atoms with Crippen LogP contribution in [0.2, 0.25) is 0 Å². The van der Waals surface area contributed by atoms with Crippen molar-refractivity contribution in [1.29, 1.82) is 0 Å². The Morgan fingerprint density at radius 3 is 2.28 bits per heavy atom. The average Bonchev–Trinajstić information content (AvgIpc) is 2.31. The normalized spacial score (nSPS) is 14.0. The van der Waals surface area contributed by atoms with E-state index in [0.717, 1.165) is 6.54 Å². The lowest BCUT2D eigenvalue weighted by Crippen LogP contribution is -2.40. The van der Waals surface area contributed by atoms with Crippen LogP contribution in [0.5, 0.6) is 0 Å². The first-order valence-corrected chi connectivity index (χ1v) is 6.11. The van der Waals surface area contributed by atoms with Gasteiger partial charge in [0.25, 0.3) is 0 Å². The fourth-order valence-corrected chi connectivity index (χ4v) is 2.16. The number of rotatable bonds is 4. The molecule has 0 radical (unpaired) electrons. The molecule has 100 valence electrons. The predicted octanol–water partition coefficient (Wildman–Crippen LogP) is 2.18. The van der Waals surface area contributed by atoms with Gasteiger partial charge < -0.3 is 10.9 Å². The van der Waals surface area contributed by atoms with Gasteiger partial charge >= 0.3 is 0 Å². The van der Waals surface area contributed by atoms with Gasteiger partial charge in [0.05, 0.1) is 6.04 Å². The van der Waals surface area contributed by atoms with Gasteiger partial charge in [-0.3, -0.25) is 4.90 Å². The minimum Gasteiger partial charge on any atom is -0.409 e. The Balaban J connectivity index is 2.92. The third kappa shape index (κ3) is 3.23. The molecule has 0 aliphatic rings. The first-order chi connectivity index (χ1) is 8.36. The lowest BCUT2D eigenvalue weighted by atomic mass is 9.99. The summed E-state index contributed by atoms with van der Waals surface area (Å²) in [6.07, 6.45) is 0. The molecule has 0 aromatic heterocycles. The maximum atomic E-state index is 8.70. The number of benzene rings is 1. The second kappa shape index (κ2) is 5.87. The molecule has 0 saturated carbocycles. The molecule has 1 aromatic carbocycles. The molecule has 0 saturated heterocycles. The number of hydrogen-bond acceptors (Lipinski definition) is 3. The molecule has 0 aliphatic carbocycles. The monoisotopic (exact) mass is 249 g/mol. The molecular formula is C14H23N3O. The van der Waals surface area contributed by atoms with Gasteiger partial charge in [0.2, 0.25) is 0 Å². The van der Waals surface area contributed by atoms with Gasteiger partial charge in [0, 0.05) is 6.54 Å². The smallest absolute Gasteiger partial charge is 0.156 e. The summed E-state index contributed by atoms with van der Waals surface area (Å²) in [7, 11) is 1.97. The Labute approximate surface area is 109 Å². The van der Waals surface area contributed by atoms with E-state index in [1.54, 1.807) is 0 Å². The SMILES string of the molecule is Cc1cc(C)c(CN(C)C(C)C(N)=NO)c(C)c1. The molecule has 0 amide bonds. The summed E-state index contributed by atoms with van der Waals surface area (Å²) in [5.74, 6) is 0.236. The van der Waals surface area contributed by atoms with Crippen molar-refractivity contribution in [1.82, 2.24) is 4.90 Å². The summed E-state index contributed by atoms with van der Waals surface area (Å²) in [5.41, 5.74) is 10.8. The first-order valence-electron chi connectivity index (χ1n) is 6.11. The van der Waals surface area contributed by atoms with E-state index in [-0.39, 0.29) is 11.9 Å². The fraction of sp³-hybridized carbons (Fsp3) is 0.500. The molecule has 0 aliphatic heterocycles. The van der Waals surface area contributed by atoms with E-state index in [1.165, 1.54) is 22.3 Å². The van der Waals surface area contributed by atoms with Crippen molar-refractivity contribution < 1.29 is 5.21 Å². The van der Waals surface area contributed by atoms with Crippen molar-refractivity contribution in [3.63, 3.8) is 0 Å². The molecule has 0 spiro atoms. The van der Waals surface area contributed by atoms with Gasteiger partial charge in [0.1, 0.15) is 0 Å². The second-order valence-electron chi connectivity index (χ2n) is 4.99. The van der Waals surface area contributed by atoms with Crippen LogP contribution in [-0.2, 0) is 6.54 Å². The van der Waals surface area contributed by atoms with Crippen LogP contribution in [0.15, 0.2) is 17.3 Å². The second-order valence-corrected chi connectivity index (χ2v) is 4.99. The van der Waals surface area contributed by atoms with Crippen LogP contribution < -0.4 is 5.73 Å². The van der Waals surface area contributed by atoms with Gasteiger partial charge in [-0.15, -0.1) is 0 Å². The highest BCUT2D eigenvalue weighted by Crippen LogP contribution is 2.18. The quantitative estimate of drug-likeness (QED) is 0.372. The number of likely N-dealkylation sites (N-methyl/N-ethyl adjacent to an activating group) is 1. The lowest BCUT2D eigenvalue weighted by Gasteiger charge is -2.25. The Kier molecular flexibility index (Phi) is 4.73. The van der Waals surface area contributed by atoms with Crippen molar-refractivity contribution >= 4 is 5.84 Å². The maximum absolute atomic E-state index is 8.70. The highest BCUT2D eigenvalue weighted by Gasteiger charge is 2.15. The molecule has 1 atom stereocenters. The molecule has 1 aromatic rings. The van der Waals surface area contributed by atoms with E-state index in [1.807, 2.05) is 14.0 Å². The summed E-state index contributed by atoms with van der Waals surface area (Å²) < 4.78 is 0. The van der Waals surface area contributed by atoms with Crippen molar-refractivity contribution in [3.05, 3.63) is 34.4 Å². The zero-order valence-electron chi connectivity index (χ0n) is 11.9. The molecule has 1 rings (SSSR count). The Bertz CT molecular complexity index is 431. The third-order valence-electron chi connectivity index (χ3n) is 3.45. The van der Waals surface area contributed by atoms with Gasteiger partial charge in [-0.2, -0.15) is 0 Å². The number of amidine groups is 1. The number of aryl methyl sites for hydroxylation is 3. The van der Waals surface area contributed by atoms with Crippen LogP contribution in [0.25, 0.3) is 0 Å². The summed E-state index contributed by atoms with van der Waals surface area (Å²) in [4.78, 5) is 2.07. The largest absolute Gasteiger partial charge is 0.409 e. The molecule has 0 heterocycles. The van der Waals surface area contributed by atoms with E-state index < -0.39 is 0 Å². The average molecular weight is 249 g/mol. The molecule has 0 bridgehead atoms. The Hall–Kier alpha value is -1.55. The maximum Gasteiger partial charge on any atom is 0.156 e. The van der Waals surface area contributed by atoms with E-state index in [9.17, 15) is 0 Å². The molecule has 0 fully saturated rings. The number of nitrogens with two attached hydrogens (primary N) is 1. The van der Waals surface area contributed by atoms with E-state index >= 15 is 0 Å². The van der Waals surface area contributed by atoms with Gasteiger partial charge in [-0.05, 0) is 51.4 Å². The third-order valence-corrected chi connectivity index (χ3v) is 3.45. The minimum atomic E-state index is -0.0879. The molecule has 1 unspecified atom stereocenters. The van der Waals surface area contributed by atoms with Crippen molar-refractivity contribution in [2.75, 3.05) is 7.05 Å².